The summed E-state index contributed by atoms with van der Waals surface area (Å²) < 4.78 is 20.7. The topological polar surface area (TPSA) is 9.23 Å². The summed E-state index contributed by atoms with van der Waals surface area (Å²) in [4.78, 5) is 4.04. The van der Waals surface area contributed by atoms with E-state index >= 15 is 0 Å². The van der Waals surface area contributed by atoms with Crippen LogP contribution in [0.3, 0.4) is 0 Å². The summed E-state index contributed by atoms with van der Waals surface area (Å²) in [5.74, 6) is 0.536. The molecule has 4 heteroatoms. The largest absolute Gasteiger partial charge is 0.454 e. The monoisotopic (exact) mass is 498 g/mol. The summed E-state index contributed by atoms with van der Waals surface area (Å²) in [7, 11) is -0.585. The fourth-order valence-electron chi connectivity index (χ4n) is 3.55. The van der Waals surface area contributed by atoms with E-state index in [4.69, 9.17) is 4.74 Å². The molecule has 0 atom stereocenters. The molecule has 1 aliphatic heterocycles. The zero-order valence-corrected chi connectivity index (χ0v) is 17.8. The van der Waals surface area contributed by atoms with Crippen LogP contribution in [0.5, 0.6) is 11.5 Å². The van der Waals surface area contributed by atoms with Crippen molar-refractivity contribution in [2.24, 2.45) is 0 Å². The Labute approximate surface area is 179 Å². The molecule has 1 heterocycles. The van der Waals surface area contributed by atoms with Crippen molar-refractivity contribution >= 4 is 33.5 Å². The highest BCUT2D eigenvalue weighted by Crippen LogP contribution is 2.62. The predicted molar refractivity (Wildman–Crippen MR) is 121 cm³/mol. The normalized spacial score (nSPS) is 13.1. The second-order valence-electron chi connectivity index (χ2n) is 6.54. The van der Waals surface area contributed by atoms with E-state index in [1.807, 2.05) is 18.2 Å². The van der Waals surface area contributed by atoms with Crippen LogP contribution < -0.4 is 4.74 Å². The number of hydrogen-bond donors (Lipinski definition) is 1. The lowest BCUT2D eigenvalue weighted by Crippen LogP contribution is -1.90. The molecule has 0 radical (unpaired) electrons. The Morgan fingerprint density at radius 1 is 0.714 bits per heavy atom. The summed E-state index contributed by atoms with van der Waals surface area (Å²) in [5.41, 5.74) is 2.65. The molecule has 4 aromatic rings. The van der Waals surface area contributed by atoms with Crippen LogP contribution in [0.2, 0.25) is 0 Å². The maximum atomic E-state index is 14.1. The van der Waals surface area contributed by atoms with E-state index in [1.165, 1.54) is 31.9 Å². The maximum absolute atomic E-state index is 14.1. The third-order valence-corrected chi connectivity index (χ3v) is 8.03. The Morgan fingerprint density at radius 2 is 1.32 bits per heavy atom. The predicted octanol–water partition coefficient (Wildman–Crippen LogP) is 7.68. The Hall–Kier alpha value is -2.31. The standard InChI is InChI=1S/C24H16FIOS/c25-21-15-16(26)9-14-22(21)27-17-10-12-18(13-11-17)28-23-7-3-1-5-19(23)20-6-2-4-8-24(20)28/h1-15,28H. The molecule has 0 N–H and O–H groups in total. The third-order valence-electron chi connectivity index (χ3n) is 4.80. The minimum Gasteiger partial charge on any atom is -0.454 e. The first-order chi connectivity index (χ1) is 13.7. The number of benzene rings is 4. The number of rotatable bonds is 3. The second-order valence-corrected chi connectivity index (χ2v) is 9.94. The van der Waals surface area contributed by atoms with Gasteiger partial charge in [0.25, 0.3) is 0 Å². The van der Waals surface area contributed by atoms with E-state index in [-0.39, 0.29) is 11.6 Å². The van der Waals surface area contributed by atoms with Crippen LogP contribution in [0, 0.1) is 9.39 Å². The van der Waals surface area contributed by atoms with Crippen molar-refractivity contribution in [2.75, 3.05) is 0 Å². The van der Waals surface area contributed by atoms with Crippen LogP contribution in [0.25, 0.3) is 11.1 Å². The molecule has 5 rings (SSSR count). The number of hydrogen-bond acceptors (Lipinski definition) is 1. The first-order valence-electron chi connectivity index (χ1n) is 8.92. The van der Waals surface area contributed by atoms with Crippen molar-refractivity contribution in [1.82, 2.24) is 0 Å². The van der Waals surface area contributed by atoms with E-state index in [0.29, 0.717) is 5.75 Å². The molecule has 0 amide bonds. The number of ether oxygens (including phenoxy) is 1. The highest BCUT2D eigenvalue weighted by atomic mass is 127. The molecule has 0 fully saturated rings. The molecule has 28 heavy (non-hydrogen) atoms. The zero-order valence-electron chi connectivity index (χ0n) is 14.8. The van der Waals surface area contributed by atoms with Gasteiger partial charge in [0.2, 0.25) is 0 Å². The van der Waals surface area contributed by atoms with Crippen molar-refractivity contribution in [3.8, 4) is 22.6 Å². The van der Waals surface area contributed by atoms with Crippen LogP contribution in [-0.2, 0) is 0 Å². The van der Waals surface area contributed by atoms with Crippen molar-refractivity contribution < 1.29 is 9.13 Å². The van der Waals surface area contributed by atoms with Crippen molar-refractivity contribution in [2.45, 2.75) is 14.7 Å². The molecular weight excluding hydrogens is 482 g/mol. The van der Waals surface area contributed by atoms with Crippen LogP contribution >= 0.6 is 33.5 Å². The second kappa shape index (κ2) is 7.26. The smallest absolute Gasteiger partial charge is 0.166 e. The van der Waals surface area contributed by atoms with Gasteiger partial charge in [0.15, 0.2) is 11.6 Å². The summed E-state index contributed by atoms with van der Waals surface area (Å²) >= 11 is 2.09. The zero-order chi connectivity index (χ0) is 19.1. The maximum Gasteiger partial charge on any atom is 0.166 e. The summed E-state index contributed by atoms with van der Waals surface area (Å²) in [6.45, 7) is 0. The first kappa shape index (κ1) is 17.8. The van der Waals surface area contributed by atoms with Gasteiger partial charge in [-0.15, -0.1) is 0 Å². The van der Waals surface area contributed by atoms with E-state index in [0.717, 1.165) is 3.57 Å². The molecule has 4 aromatic carbocycles. The van der Waals surface area contributed by atoms with Gasteiger partial charge in [0, 0.05) is 13.4 Å². The van der Waals surface area contributed by atoms with Gasteiger partial charge >= 0.3 is 0 Å². The molecule has 0 spiro atoms. The molecule has 0 saturated heterocycles. The Bertz CT molecular complexity index is 1130. The molecule has 0 bridgehead atoms. The first-order valence-corrected chi connectivity index (χ1v) is 11.3. The lowest BCUT2D eigenvalue weighted by atomic mass is 10.1. The summed E-state index contributed by atoms with van der Waals surface area (Å²) in [6.07, 6.45) is 0. The molecule has 0 aromatic heterocycles. The highest BCUT2D eigenvalue weighted by molar-refractivity contribution is 14.1. The van der Waals surface area contributed by atoms with Gasteiger partial charge in [-0.2, -0.15) is 10.9 Å². The van der Waals surface area contributed by atoms with E-state index in [2.05, 4.69) is 83.3 Å². The average molecular weight is 498 g/mol. The quantitative estimate of drug-likeness (QED) is 0.198. The molecule has 1 aliphatic rings. The SMILES string of the molecule is Fc1cc(I)ccc1Oc1ccc([SH]2c3ccccc3-c3ccccc32)cc1. The van der Waals surface area contributed by atoms with Gasteiger partial charge in [-0.1, -0.05) is 36.4 Å². The van der Waals surface area contributed by atoms with Crippen molar-refractivity contribution in [1.29, 1.82) is 0 Å². The fraction of sp³-hybridized carbons (Fsp3) is 0. The molecule has 0 saturated carbocycles. The third kappa shape index (κ3) is 3.10. The van der Waals surface area contributed by atoms with Crippen molar-refractivity contribution in [3.05, 3.63) is 100 Å². The minimum atomic E-state index is -0.585. The van der Waals surface area contributed by atoms with Crippen LogP contribution in [-0.4, -0.2) is 0 Å². The Balaban J connectivity index is 1.49. The van der Waals surface area contributed by atoms with Crippen molar-refractivity contribution in [3.63, 3.8) is 0 Å². The average Bonchev–Trinajstić information content (AvgIpc) is 3.05. The Kier molecular flexibility index (Phi) is 4.61. The van der Waals surface area contributed by atoms with E-state index in [1.54, 1.807) is 6.07 Å². The number of halogens is 2. The van der Waals surface area contributed by atoms with E-state index < -0.39 is 10.9 Å². The minimum absolute atomic E-state index is 0.246. The molecule has 0 unspecified atom stereocenters. The fourth-order valence-corrected chi connectivity index (χ4v) is 6.61. The van der Waals surface area contributed by atoms with Gasteiger partial charge in [-0.3, -0.25) is 0 Å². The van der Waals surface area contributed by atoms with Gasteiger partial charge in [0.1, 0.15) is 5.75 Å². The summed E-state index contributed by atoms with van der Waals surface area (Å²) in [6, 6.07) is 30.3. The van der Waals surface area contributed by atoms with Gasteiger partial charge in [0.05, 0.1) is 0 Å². The van der Waals surface area contributed by atoms with Crippen LogP contribution in [0.15, 0.2) is 106 Å². The van der Waals surface area contributed by atoms with Gasteiger partial charge in [-0.05, 0) is 93.2 Å². The Morgan fingerprint density at radius 3 is 1.93 bits per heavy atom. The van der Waals surface area contributed by atoms with Crippen LogP contribution in [0.1, 0.15) is 0 Å². The van der Waals surface area contributed by atoms with Gasteiger partial charge in [-0.25, -0.2) is 4.39 Å². The molecule has 1 nitrogen and oxygen atoms in total. The van der Waals surface area contributed by atoms with Crippen LogP contribution in [0.4, 0.5) is 4.39 Å². The molecular formula is C24H16FIOS. The lowest BCUT2D eigenvalue weighted by Gasteiger charge is -2.19. The molecule has 138 valence electrons. The summed E-state index contributed by atoms with van der Waals surface area (Å²) in [5, 5.41) is 0. The van der Waals surface area contributed by atoms with E-state index in [9.17, 15) is 4.39 Å². The molecule has 0 aliphatic carbocycles. The highest BCUT2D eigenvalue weighted by Gasteiger charge is 2.26. The number of fused-ring (bicyclic) bond motifs is 3. The van der Waals surface area contributed by atoms with Gasteiger partial charge < -0.3 is 4.74 Å². The lowest BCUT2D eigenvalue weighted by molar-refractivity contribution is 0.441. The number of thiol groups is 1.